The molecule has 0 bridgehead atoms. The highest BCUT2D eigenvalue weighted by atomic mass is 32.2. The van der Waals surface area contributed by atoms with E-state index in [1.54, 1.807) is 5.38 Å². The summed E-state index contributed by atoms with van der Waals surface area (Å²) in [4.78, 5) is 41.1. The summed E-state index contributed by atoms with van der Waals surface area (Å²) in [6.07, 6.45) is 3.02. The molecule has 1 aliphatic heterocycles. The molecule has 2 aromatic rings. The summed E-state index contributed by atoms with van der Waals surface area (Å²) in [5.41, 5.74) is 0.592. The second kappa shape index (κ2) is 6.93. The molecule has 1 N–H and O–H groups in total. The van der Waals surface area contributed by atoms with E-state index >= 15 is 0 Å². The van der Waals surface area contributed by atoms with Crippen molar-refractivity contribution in [2.24, 2.45) is 0 Å². The van der Waals surface area contributed by atoms with Crippen LogP contribution in [0.25, 0.3) is 6.08 Å². The molecule has 2 heterocycles. The quantitative estimate of drug-likeness (QED) is 0.845. The van der Waals surface area contributed by atoms with Crippen molar-refractivity contribution in [1.29, 1.82) is 0 Å². The van der Waals surface area contributed by atoms with Crippen molar-refractivity contribution in [1.82, 2.24) is 9.88 Å². The number of benzene rings is 1. The van der Waals surface area contributed by atoms with Gasteiger partial charge in [0.25, 0.3) is 11.1 Å². The summed E-state index contributed by atoms with van der Waals surface area (Å²) in [6, 6.07) is 5.52. The highest BCUT2D eigenvalue weighted by Crippen LogP contribution is 2.32. The lowest BCUT2D eigenvalue weighted by molar-refractivity contribution is -0.127. The number of anilines is 1. The Morgan fingerprint density at radius 3 is 2.71 bits per heavy atom. The highest BCUT2D eigenvalue weighted by Gasteiger charge is 2.36. The van der Waals surface area contributed by atoms with E-state index in [-0.39, 0.29) is 17.3 Å². The number of hydrogen-bond acceptors (Lipinski definition) is 6. The second-order valence-corrected chi connectivity index (χ2v) is 6.59. The van der Waals surface area contributed by atoms with Gasteiger partial charge in [0, 0.05) is 11.6 Å². The predicted octanol–water partition coefficient (Wildman–Crippen LogP) is 2.96. The van der Waals surface area contributed by atoms with Gasteiger partial charge in [-0.3, -0.25) is 19.3 Å². The van der Waals surface area contributed by atoms with Gasteiger partial charge < -0.3 is 5.32 Å². The Hall–Kier alpha value is -2.52. The van der Waals surface area contributed by atoms with E-state index in [9.17, 15) is 18.8 Å². The van der Waals surface area contributed by atoms with Gasteiger partial charge in [0.05, 0.1) is 4.91 Å². The van der Waals surface area contributed by atoms with Gasteiger partial charge in [-0.15, -0.1) is 11.3 Å². The molecule has 0 atom stereocenters. The fraction of sp³-hybridized carbons (Fsp3) is 0.0667. The fourth-order valence-corrected chi connectivity index (χ4v) is 3.32. The second-order valence-electron chi connectivity index (χ2n) is 4.70. The minimum Gasteiger partial charge on any atom is -0.300 e. The first-order valence-corrected chi connectivity index (χ1v) is 8.43. The summed E-state index contributed by atoms with van der Waals surface area (Å²) < 4.78 is 12.9. The van der Waals surface area contributed by atoms with Crippen LogP contribution in [0.15, 0.2) is 40.7 Å². The molecule has 9 heteroatoms. The number of carbonyl (C=O) groups excluding carboxylic acids is 3. The largest absolute Gasteiger partial charge is 0.300 e. The summed E-state index contributed by atoms with van der Waals surface area (Å²) in [5.74, 6) is -1.45. The summed E-state index contributed by atoms with van der Waals surface area (Å²) in [7, 11) is 0. The van der Waals surface area contributed by atoms with Crippen LogP contribution in [0.2, 0.25) is 0 Å². The number of nitrogens with zero attached hydrogens (tertiary/aromatic N) is 2. The van der Waals surface area contributed by atoms with E-state index in [1.807, 2.05) is 0 Å². The highest BCUT2D eigenvalue weighted by molar-refractivity contribution is 8.18. The third kappa shape index (κ3) is 3.69. The number of rotatable bonds is 4. The molecule has 1 aromatic carbocycles. The fourth-order valence-electron chi connectivity index (χ4n) is 1.93. The number of thiazole rings is 1. The molecule has 6 nitrogen and oxygen atoms in total. The summed E-state index contributed by atoms with van der Waals surface area (Å²) in [6.45, 7) is -0.384. The van der Waals surface area contributed by atoms with Gasteiger partial charge >= 0.3 is 0 Å². The SMILES string of the molecule is O=C(CN1C(=O)SC(=Cc2ccc(F)cc2)C1=O)Nc1nccs1. The third-order valence-corrected chi connectivity index (χ3v) is 4.62. The minimum absolute atomic E-state index is 0.189. The Labute approximate surface area is 144 Å². The maximum atomic E-state index is 12.9. The zero-order valence-electron chi connectivity index (χ0n) is 12.1. The Bertz CT molecular complexity index is 819. The first-order valence-electron chi connectivity index (χ1n) is 6.73. The molecular formula is C15H10FN3O3S2. The van der Waals surface area contributed by atoms with Crippen molar-refractivity contribution in [3.8, 4) is 0 Å². The Balaban J connectivity index is 1.69. The smallest absolute Gasteiger partial charge is 0.294 e. The van der Waals surface area contributed by atoms with Crippen LogP contribution in [0.3, 0.4) is 0 Å². The zero-order chi connectivity index (χ0) is 17.1. The van der Waals surface area contributed by atoms with Crippen molar-refractivity contribution >= 4 is 51.4 Å². The Morgan fingerprint density at radius 2 is 2.04 bits per heavy atom. The Kier molecular flexibility index (Phi) is 4.72. The lowest BCUT2D eigenvalue weighted by atomic mass is 10.2. The molecule has 0 unspecified atom stereocenters. The molecule has 1 saturated heterocycles. The predicted molar refractivity (Wildman–Crippen MR) is 89.8 cm³/mol. The minimum atomic E-state index is -0.552. The number of halogens is 1. The molecule has 1 fully saturated rings. The molecule has 0 radical (unpaired) electrons. The van der Waals surface area contributed by atoms with Crippen LogP contribution in [0.4, 0.5) is 14.3 Å². The van der Waals surface area contributed by atoms with Crippen LogP contribution in [0, 0.1) is 5.82 Å². The first-order chi connectivity index (χ1) is 11.5. The molecular weight excluding hydrogens is 353 g/mol. The lowest BCUT2D eigenvalue weighted by Gasteiger charge is -2.11. The van der Waals surface area contributed by atoms with Gasteiger partial charge in [-0.1, -0.05) is 12.1 Å². The van der Waals surface area contributed by atoms with E-state index in [0.717, 1.165) is 16.7 Å². The molecule has 3 rings (SSSR count). The van der Waals surface area contributed by atoms with Crippen LogP contribution in [-0.2, 0) is 9.59 Å². The first kappa shape index (κ1) is 16.3. The van der Waals surface area contributed by atoms with E-state index in [4.69, 9.17) is 0 Å². The van der Waals surface area contributed by atoms with Crippen molar-refractivity contribution in [3.05, 3.63) is 52.1 Å². The van der Waals surface area contributed by atoms with Crippen LogP contribution in [-0.4, -0.2) is 33.5 Å². The zero-order valence-corrected chi connectivity index (χ0v) is 13.7. The van der Waals surface area contributed by atoms with Crippen LogP contribution >= 0.6 is 23.1 Å². The van der Waals surface area contributed by atoms with E-state index in [0.29, 0.717) is 10.7 Å². The summed E-state index contributed by atoms with van der Waals surface area (Å²) >= 11 is 1.98. The van der Waals surface area contributed by atoms with Gasteiger partial charge in [0.1, 0.15) is 12.4 Å². The van der Waals surface area contributed by atoms with Crippen molar-refractivity contribution in [2.45, 2.75) is 0 Å². The monoisotopic (exact) mass is 363 g/mol. The average Bonchev–Trinajstić information content (AvgIpc) is 3.14. The molecule has 3 amide bonds. The van der Waals surface area contributed by atoms with Crippen molar-refractivity contribution < 1.29 is 18.8 Å². The molecule has 1 aromatic heterocycles. The average molecular weight is 363 g/mol. The van der Waals surface area contributed by atoms with E-state index < -0.39 is 17.1 Å². The van der Waals surface area contributed by atoms with Gasteiger partial charge in [-0.2, -0.15) is 0 Å². The molecule has 24 heavy (non-hydrogen) atoms. The van der Waals surface area contributed by atoms with Crippen molar-refractivity contribution in [3.63, 3.8) is 0 Å². The number of thioether (sulfide) groups is 1. The number of aromatic nitrogens is 1. The molecule has 0 aliphatic carbocycles. The third-order valence-electron chi connectivity index (χ3n) is 3.02. The topological polar surface area (TPSA) is 79.4 Å². The molecule has 0 spiro atoms. The maximum absolute atomic E-state index is 12.9. The number of nitrogens with one attached hydrogen (secondary N) is 1. The summed E-state index contributed by atoms with van der Waals surface area (Å²) in [5, 5.41) is 4.08. The Morgan fingerprint density at radius 1 is 1.29 bits per heavy atom. The van der Waals surface area contributed by atoms with Crippen LogP contribution < -0.4 is 5.32 Å². The number of carbonyl (C=O) groups is 3. The number of hydrogen-bond donors (Lipinski definition) is 1. The van der Waals surface area contributed by atoms with Crippen molar-refractivity contribution in [2.75, 3.05) is 11.9 Å². The van der Waals surface area contributed by atoms with Gasteiger partial charge in [0.2, 0.25) is 5.91 Å². The standard InChI is InChI=1S/C15H10FN3O3S2/c16-10-3-1-9(2-4-10)7-11-13(21)19(15(22)24-11)8-12(20)18-14-17-5-6-23-14/h1-7H,8H2,(H,17,18,20). The molecule has 0 saturated carbocycles. The van der Waals surface area contributed by atoms with Gasteiger partial charge in [-0.25, -0.2) is 9.37 Å². The number of imide groups is 1. The molecule has 1 aliphatic rings. The normalized spacial score (nSPS) is 16.0. The van der Waals surface area contributed by atoms with Gasteiger partial charge in [-0.05, 0) is 35.5 Å². The number of amides is 3. The van der Waals surface area contributed by atoms with E-state index in [1.165, 1.54) is 47.9 Å². The van der Waals surface area contributed by atoms with Gasteiger partial charge in [0.15, 0.2) is 5.13 Å². The van der Waals surface area contributed by atoms with Crippen LogP contribution in [0.1, 0.15) is 5.56 Å². The van der Waals surface area contributed by atoms with Crippen LogP contribution in [0.5, 0.6) is 0 Å². The lowest BCUT2D eigenvalue weighted by Crippen LogP contribution is -2.36. The maximum Gasteiger partial charge on any atom is 0.294 e. The molecule has 122 valence electrons. The van der Waals surface area contributed by atoms with E-state index in [2.05, 4.69) is 10.3 Å².